The largest absolute Gasteiger partial charge is 0.497 e. The van der Waals surface area contributed by atoms with Gasteiger partial charge in [0.15, 0.2) is 5.82 Å². The number of para-hydroxylation sites is 2. The van der Waals surface area contributed by atoms with Crippen molar-refractivity contribution < 1.29 is 4.74 Å². The number of benzene rings is 2. The van der Waals surface area contributed by atoms with Crippen LogP contribution in [0.1, 0.15) is 17.2 Å². The van der Waals surface area contributed by atoms with E-state index in [0.29, 0.717) is 11.2 Å². The first-order valence-corrected chi connectivity index (χ1v) is 9.33. The van der Waals surface area contributed by atoms with Gasteiger partial charge in [0.05, 0.1) is 24.4 Å². The average Bonchev–Trinajstić information content (AvgIpc) is 3.23. The normalized spacial score (nSPS) is 11.5. The van der Waals surface area contributed by atoms with Gasteiger partial charge in [0.1, 0.15) is 11.6 Å². The Morgan fingerprint density at radius 1 is 1.18 bits per heavy atom. The molecule has 0 aliphatic carbocycles. The van der Waals surface area contributed by atoms with E-state index < -0.39 is 0 Å². The Morgan fingerprint density at radius 3 is 2.75 bits per heavy atom. The molecule has 0 fully saturated rings. The molecule has 1 N–H and O–H groups in total. The Bertz CT molecular complexity index is 1190. The van der Waals surface area contributed by atoms with E-state index in [4.69, 9.17) is 17.0 Å². The fourth-order valence-electron chi connectivity index (χ4n) is 3.11. The van der Waals surface area contributed by atoms with Gasteiger partial charge in [-0.15, -0.1) is 0 Å². The Labute approximate surface area is 167 Å². The summed E-state index contributed by atoms with van der Waals surface area (Å²) in [7, 11) is 1.64. The molecule has 0 bridgehead atoms. The van der Waals surface area contributed by atoms with Crippen molar-refractivity contribution >= 4 is 29.5 Å². The summed E-state index contributed by atoms with van der Waals surface area (Å²) in [4.78, 5) is 4.61. The highest BCUT2D eigenvalue weighted by molar-refractivity contribution is 7.71. The molecule has 0 amide bonds. The molecule has 142 valence electrons. The van der Waals surface area contributed by atoms with Crippen LogP contribution in [0, 0.1) is 11.7 Å². The van der Waals surface area contributed by atoms with Gasteiger partial charge in [-0.25, -0.2) is 4.98 Å². The highest BCUT2D eigenvalue weighted by Gasteiger charge is 2.10. The average molecular weight is 392 g/mol. The number of H-pyrrole nitrogens is 1. The van der Waals surface area contributed by atoms with Gasteiger partial charge < -0.3 is 9.30 Å². The highest BCUT2D eigenvalue weighted by Crippen LogP contribution is 2.16. The molecular weight excluding hydrogens is 372 g/mol. The Kier molecular flexibility index (Phi) is 5.03. The third-order valence-corrected chi connectivity index (χ3v) is 4.82. The lowest BCUT2D eigenvalue weighted by Crippen LogP contribution is -2.07. The number of fused-ring (bicyclic) bond motifs is 1. The second kappa shape index (κ2) is 7.77. The van der Waals surface area contributed by atoms with Gasteiger partial charge in [-0.3, -0.25) is 5.10 Å². The summed E-state index contributed by atoms with van der Waals surface area (Å²) in [5, 5.41) is 11.7. The van der Waals surface area contributed by atoms with Crippen molar-refractivity contribution in [3.05, 3.63) is 70.5 Å². The SMILES string of the molecule is COc1ccc(/C=N/n2c(CCn3c(C)nc4ccccc43)n[nH]c2=S)cc1. The van der Waals surface area contributed by atoms with Crippen LogP contribution in [-0.4, -0.2) is 37.7 Å². The Balaban J connectivity index is 1.55. The first kappa shape index (κ1) is 18.1. The van der Waals surface area contributed by atoms with Crippen molar-refractivity contribution in [3.63, 3.8) is 0 Å². The number of methoxy groups -OCH3 is 1. The van der Waals surface area contributed by atoms with Gasteiger partial charge in [-0.05, 0) is 61.1 Å². The van der Waals surface area contributed by atoms with Crippen LogP contribution in [0.5, 0.6) is 5.75 Å². The molecule has 0 spiro atoms. The van der Waals surface area contributed by atoms with E-state index in [1.54, 1.807) is 18.0 Å². The lowest BCUT2D eigenvalue weighted by atomic mass is 10.2. The van der Waals surface area contributed by atoms with E-state index in [0.717, 1.165) is 40.5 Å². The van der Waals surface area contributed by atoms with Crippen LogP contribution in [0.15, 0.2) is 53.6 Å². The third kappa shape index (κ3) is 3.59. The molecule has 2 aromatic carbocycles. The van der Waals surface area contributed by atoms with Gasteiger partial charge in [-0.2, -0.15) is 14.9 Å². The molecule has 0 aliphatic rings. The first-order valence-electron chi connectivity index (χ1n) is 8.92. The summed E-state index contributed by atoms with van der Waals surface area (Å²) in [6.07, 6.45) is 2.43. The van der Waals surface area contributed by atoms with Crippen molar-refractivity contribution in [2.75, 3.05) is 7.11 Å². The van der Waals surface area contributed by atoms with Crippen LogP contribution in [0.2, 0.25) is 0 Å². The summed E-state index contributed by atoms with van der Waals surface area (Å²) < 4.78 is 9.49. The zero-order valence-corrected chi connectivity index (χ0v) is 16.5. The molecule has 0 saturated heterocycles. The van der Waals surface area contributed by atoms with Crippen molar-refractivity contribution in [2.45, 2.75) is 19.9 Å². The molecule has 0 saturated carbocycles. The highest BCUT2D eigenvalue weighted by atomic mass is 32.1. The van der Waals surface area contributed by atoms with Crippen LogP contribution in [-0.2, 0) is 13.0 Å². The minimum atomic E-state index is 0.465. The smallest absolute Gasteiger partial charge is 0.216 e. The van der Waals surface area contributed by atoms with E-state index in [9.17, 15) is 0 Å². The predicted molar refractivity (Wildman–Crippen MR) is 112 cm³/mol. The number of nitrogens with zero attached hydrogens (tertiary/aromatic N) is 5. The van der Waals surface area contributed by atoms with Crippen molar-refractivity contribution in [1.82, 2.24) is 24.4 Å². The van der Waals surface area contributed by atoms with E-state index in [1.165, 1.54) is 0 Å². The Morgan fingerprint density at radius 2 is 1.96 bits per heavy atom. The van der Waals surface area contributed by atoms with Crippen molar-refractivity contribution in [2.24, 2.45) is 5.10 Å². The van der Waals surface area contributed by atoms with Crippen LogP contribution in [0.25, 0.3) is 11.0 Å². The van der Waals surface area contributed by atoms with Crippen LogP contribution in [0.4, 0.5) is 0 Å². The lowest BCUT2D eigenvalue weighted by molar-refractivity contribution is 0.415. The molecule has 7 nitrogen and oxygen atoms in total. The molecule has 0 unspecified atom stereocenters. The van der Waals surface area contributed by atoms with E-state index >= 15 is 0 Å². The van der Waals surface area contributed by atoms with Gasteiger partial charge in [0.25, 0.3) is 0 Å². The zero-order valence-electron chi connectivity index (χ0n) is 15.7. The number of nitrogens with one attached hydrogen (secondary N) is 1. The first-order chi connectivity index (χ1) is 13.7. The monoisotopic (exact) mass is 392 g/mol. The number of hydrogen-bond acceptors (Lipinski definition) is 5. The summed E-state index contributed by atoms with van der Waals surface area (Å²) in [5.74, 6) is 2.55. The molecule has 28 heavy (non-hydrogen) atoms. The number of imidazole rings is 1. The standard InChI is InChI=1S/C20H20N6OS/c1-14-22-17-5-3-4-6-18(17)25(14)12-11-19-23-24-20(28)26(19)21-13-15-7-9-16(27-2)10-8-15/h3-10,13H,11-12H2,1-2H3,(H,24,28)/b21-13+. The lowest BCUT2D eigenvalue weighted by Gasteiger charge is -2.06. The topological polar surface area (TPSA) is 73.0 Å². The van der Waals surface area contributed by atoms with E-state index in [-0.39, 0.29) is 0 Å². The zero-order chi connectivity index (χ0) is 19.5. The second-order valence-electron chi connectivity index (χ2n) is 6.32. The predicted octanol–water partition coefficient (Wildman–Crippen LogP) is 3.73. The maximum atomic E-state index is 5.34. The molecule has 4 aromatic rings. The number of hydrogen-bond donors (Lipinski definition) is 1. The van der Waals surface area contributed by atoms with Crippen LogP contribution >= 0.6 is 12.2 Å². The van der Waals surface area contributed by atoms with Gasteiger partial charge in [-0.1, -0.05) is 12.1 Å². The summed E-state index contributed by atoms with van der Waals surface area (Å²) in [6, 6.07) is 15.8. The number of ether oxygens (including phenoxy) is 1. The number of rotatable bonds is 6. The second-order valence-corrected chi connectivity index (χ2v) is 6.71. The molecule has 0 radical (unpaired) electrons. The third-order valence-electron chi connectivity index (χ3n) is 4.56. The van der Waals surface area contributed by atoms with Crippen LogP contribution < -0.4 is 4.74 Å². The summed E-state index contributed by atoms with van der Waals surface area (Å²) in [6.45, 7) is 2.75. The van der Waals surface area contributed by atoms with Gasteiger partial charge in [0, 0.05) is 13.0 Å². The van der Waals surface area contributed by atoms with Crippen molar-refractivity contribution in [3.8, 4) is 5.75 Å². The van der Waals surface area contributed by atoms with Gasteiger partial charge >= 0.3 is 0 Å². The number of aryl methyl sites for hydroxylation is 3. The quantitative estimate of drug-likeness (QED) is 0.401. The molecule has 2 aromatic heterocycles. The molecular formula is C20H20N6OS. The molecule has 2 heterocycles. The summed E-state index contributed by atoms with van der Waals surface area (Å²) in [5.41, 5.74) is 3.06. The van der Waals surface area contributed by atoms with Crippen molar-refractivity contribution in [1.29, 1.82) is 0 Å². The van der Waals surface area contributed by atoms with E-state index in [2.05, 4.69) is 30.9 Å². The minimum absolute atomic E-state index is 0.465. The molecule has 4 rings (SSSR count). The maximum Gasteiger partial charge on any atom is 0.216 e. The number of aromatic nitrogens is 5. The van der Waals surface area contributed by atoms with E-state index in [1.807, 2.05) is 49.4 Å². The fourth-order valence-corrected chi connectivity index (χ4v) is 3.31. The Hall–Kier alpha value is -3.26. The fraction of sp³-hybridized carbons (Fsp3) is 0.200. The van der Waals surface area contributed by atoms with Crippen LogP contribution in [0.3, 0.4) is 0 Å². The number of aromatic amines is 1. The molecule has 0 atom stereocenters. The minimum Gasteiger partial charge on any atom is -0.497 e. The van der Waals surface area contributed by atoms with Gasteiger partial charge in [0.2, 0.25) is 4.77 Å². The maximum absolute atomic E-state index is 5.34. The molecule has 0 aliphatic heterocycles. The molecule has 8 heteroatoms. The summed E-state index contributed by atoms with van der Waals surface area (Å²) >= 11 is 5.34.